The zero-order valence-electron chi connectivity index (χ0n) is 10.8. The second kappa shape index (κ2) is 5.60. The Morgan fingerprint density at radius 2 is 2.29 bits per heavy atom. The van der Waals surface area contributed by atoms with Crippen molar-refractivity contribution in [1.29, 1.82) is 0 Å². The summed E-state index contributed by atoms with van der Waals surface area (Å²) in [5.74, 6) is 2.11. The Labute approximate surface area is 102 Å². The average Bonchev–Trinajstić information content (AvgIpc) is 2.80. The predicted octanol–water partition coefficient (Wildman–Crippen LogP) is 1.88. The van der Waals surface area contributed by atoms with Crippen LogP contribution in [0.15, 0.2) is 4.52 Å². The lowest BCUT2D eigenvalue weighted by atomic mass is 10.00. The van der Waals surface area contributed by atoms with Crippen LogP contribution in [0.25, 0.3) is 0 Å². The van der Waals surface area contributed by atoms with Gasteiger partial charge in [-0.25, -0.2) is 0 Å². The fourth-order valence-corrected chi connectivity index (χ4v) is 2.27. The van der Waals surface area contributed by atoms with Gasteiger partial charge < -0.3 is 14.6 Å². The fraction of sp³-hybridized carbons (Fsp3) is 0.833. The minimum atomic E-state index is -0.0796. The third-order valence-electron chi connectivity index (χ3n) is 3.22. The Kier molecular flexibility index (Phi) is 4.12. The zero-order chi connectivity index (χ0) is 12.3. The van der Waals surface area contributed by atoms with Crippen LogP contribution in [-0.4, -0.2) is 30.3 Å². The first-order valence-electron chi connectivity index (χ1n) is 6.29. The van der Waals surface area contributed by atoms with Crippen LogP contribution in [0.1, 0.15) is 50.4 Å². The molecule has 5 heteroatoms. The Hall–Kier alpha value is -0.940. The number of hydrogen-bond donors (Lipinski definition) is 1. The van der Waals surface area contributed by atoms with Gasteiger partial charge in [0.05, 0.1) is 5.92 Å². The van der Waals surface area contributed by atoms with Crippen LogP contribution in [0.2, 0.25) is 0 Å². The van der Waals surface area contributed by atoms with Gasteiger partial charge in [0.1, 0.15) is 6.10 Å². The molecule has 0 aromatic carbocycles. The van der Waals surface area contributed by atoms with Crippen molar-refractivity contribution in [1.82, 2.24) is 15.5 Å². The quantitative estimate of drug-likeness (QED) is 0.869. The maximum Gasteiger partial charge on any atom is 0.231 e. The molecule has 1 aromatic rings. The van der Waals surface area contributed by atoms with Crippen LogP contribution < -0.4 is 5.32 Å². The lowest BCUT2D eigenvalue weighted by Gasteiger charge is -2.19. The molecule has 1 N–H and O–H groups in total. The highest BCUT2D eigenvalue weighted by Crippen LogP contribution is 2.26. The van der Waals surface area contributed by atoms with Gasteiger partial charge in [0.15, 0.2) is 0 Å². The Morgan fingerprint density at radius 3 is 2.88 bits per heavy atom. The topological polar surface area (TPSA) is 60.2 Å². The van der Waals surface area contributed by atoms with E-state index in [4.69, 9.17) is 9.26 Å². The minimum absolute atomic E-state index is 0.0796. The van der Waals surface area contributed by atoms with E-state index in [0.29, 0.717) is 17.7 Å². The van der Waals surface area contributed by atoms with E-state index in [0.717, 1.165) is 25.4 Å². The monoisotopic (exact) mass is 239 g/mol. The number of aromatic nitrogens is 2. The van der Waals surface area contributed by atoms with Crippen molar-refractivity contribution in [2.45, 2.75) is 38.7 Å². The van der Waals surface area contributed by atoms with Gasteiger partial charge in [-0.05, 0) is 25.3 Å². The van der Waals surface area contributed by atoms with Crippen molar-refractivity contribution in [3.8, 4) is 0 Å². The highest BCUT2D eigenvalue weighted by Gasteiger charge is 2.25. The molecule has 0 bridgehead atoms. The standard InChI is InChI=1S/C12H21N3O2/c1-8(2)10(16-3)11-14-12(17-15-11)9-5-4-6-13-7-9/h8-10,13H,4-7H2,1-3H3/t9-,10?/m1/s1. The smallest absolute Gasteiger partial charge is 0.231 e. The Bertz CT molecular complexity index is 345. The van der Waals surface area contributed by atoms with Gasteiger partial charge in [-0.15, -0.1) is 0 Å². The molecule has 0 spiro atoms. The van der Waals surface area contributed by atoms with Gasteiger partial charge in [0, 0.05) is 13.7 Å². The summed E-state index contributed by atoms with van der Waals surface area (Å²) in [4.78, 5) is 4.48. The molecule has 1 aromatic heterocycles. The lowest BCUT2D eigenvalue weighted by molar-refractivity contribution is 0.0555. The molecule has 1 aliphatic heterocycles. The molecule has 2 atom stereocenters. The summed E-state index contributed by atoms with van der Waals surface area (Å²) in [7, 11) is 1.68. The molecule has 0 aliphatic carbocycles. The molecule has 1 saturated heterocycles. The van der Waals surface area contributed by atoms with Crippen molar-refractivity contribution in [2.24, 2.45) is 5.92 Å². The predicted molar refractivity (Wildman–Crippen MR) is 63.7 cm³/mol. The van der Waals surface area contributed by atoms with Crippen LogP contribution in [0.5, 0.6) is 0 Å². The lowest BCUT2D eigenvalue weighted by Crippen LogP contribution is -2.28. The van der Waals surface area contributed by atoms with E-state index in [1.54, 1.807) is 7.11 Å². The molecule has 96 valence electrons. The highest BCUT2D eigenvalue weighted by molar-refractivity contribution is 4.99. The SMILES string of the molecule is COC(c1noc([C@@H]2CCCNC2)n1)C(C)C. The van der Waals surface area contributed by atoms with Crippen LogP contribution in [-0.2, 0) is 4.74 Å². The first kappa shape index (κ1) is 12.5. The van der Waals surface area contributed by atoms with Crippen molar-refractivity contribution >= 4 is 0 Å². The van der Waals surface area contributed by atoms with Gasteiger partial charge in [-0.1, -0.05) is 19.0 Å². The summed E-state index contributed by atoms with van der Waals surface area (Å²) in [6.07, 6.45) is 2.21. The summed E-state index contributed by atoms with van der Waals surface area (Å²) in [5, 5.41) is 7.39. The molecule has 0 amide bonds. The summed E-state index contributed by atoms with van der Waals surface area (Å²) in [6, 6.07) is 0. The molecule has 2 rings (SSSR count). The third kappa shape index (κ3) is 2.84. The van der Waals surface area contributed by atoms with Crippen molar-refractivity contribution in [2.75, 3.05) is 20.2 Å². The van der Waals surface area contributed by atoms with Crippen molar-refractivity contribution < 1.29 is 9.26 Å². The largest absolute Gasteiger partial charge is 0.373 e. The number of rotatable bonds is 4. The average molecular weight is 239 g/mol. The summed E-state index contributed by atoms with van der Waals surface area (Å²) in [6.45, 7) is 6.20. The van der Waals surface area contributed by atoms with Gasteiger partial charge in [0.25, 0.3) is 0 Å². The second-order valence-electron chi connectivity index (χ2n) is 4.93. The number of nitrogens with one attached hydrogen (secondary N) is 1. The molecule has 0 saturated carbocycles. The van der Waals surface area contributed by atoms with E-state index < -0.39 is 0 Å². The van der Waals surface area contributed by atoms with E-state index in [9.17, 15) is 0 Å². The maximum atomic E-state index is 5.40. The molecule has 5 nitrogen and oxygen atoms in total. The molecule has 1 aliphatic rings. The van der Waals surface area contributed by atoms with Crippen LogP contribution in [0, 0.1) is 5.92 Å². The van der Waals surface area contributed by atoms with Gasteiger partial charge in [-0.3, -0.25) is 0 Å². The molecule has 1 fully saturated rings. The van der Waals surface area contributed by atoms with E-state index in [1.165, 1.54) is 6.42 Å². The van der Waals surface area contributed by atoms with E-state index in [1.807, 2.05) is 0 Å². The zero-order valence-corrected chi connectivity index (χ0v) is 10.8. The summed E-state index contributed by atoms with van der Waals surface area (Å²) < 4.78 is 10.8. The van der Waals surface area contributed by atoms with Crippen LogP contribution >= 0.6 is 0 Å². The number of ether oxygens (including phenoxy) is 1. The molecular formula is C12H21N3O2. The number of hydrogen-bond acceptors (Lipinski definition) is 5. The maximum absolute atomic E-state index is 5.40. The van der Waals surface area contributed by atoms with Crippen LogP contribution in [0.3, 0.4) is 0 Å². The van der Waals surface area contributed by atoms with Gasteiger partial charge in [0.2, 0.25) is 11.7 Å². The van der Waals surface area contributed by atoms with E-state index >= 15 is 0 Å². The fourth-order valence-electron chi connectivity index (χ4n) is 2.27. The van der Waals surface area contributed by atoms with Gasteiger partial charge >= 0.3 is 0 Å². The minimum Gasteiger partial charge on any atom is -0.373 e. The number of methoxy groups -OCH3 is 1. The van der Waals surface area contributed by atoms with E-state index in [2.05, 4.69) is 29.3 Å². The van der Waals surface area contributed by atoms with Crippen LogP contribution in [0.4, 0.5) is 0 Å². The third-order valence-corrected chi connectivity index (χ3v) is 3.22. The molecular weight excluding hydrogens is 218 g/mol. The Morgan fingerprint density at radius 1 is 1.47 bits per heavy atom. The van der Waals surface area contributed by atoms with Gasteiger partial charge in [-0.2, -0.15) is 4.98 Å². The first-order valence-corrected chi connectivity index (χ1v) is 6.29. The molecule has 0 radical (unpaired) electrons. The normalized spacial score (nSPS) is 22.9. The second-order valence-corrected chi connectivity index (χ2v) is 4.93. The number of nitrogens with zero attached hydrogens (tertiary/aromatic N) is 2. The highest BCUT2D eigenvalue weighted by atomic mass is 16.5. The molecule has 2 heterocycles. The van der Waals surface area contributed by atoms with Crippen molar-refractivity contribution in [3.05, 3.63) is 11.7 Å². The Balaban J connectivity index is 2.08. The molecule has 17 heavy (non-hydrogen) atoms. The first-order chi connectivity index (χ1) is 8.22. The van der Waals surface area contributed by atoms with Crippen molar-refractivity contribution in [3.63, 3.8) is 0 Å². The summed E-state index contributed by atoms with van der Waals surface area (Å²) >= 11 is 0. The van der Waals surface area contributed by atoms with E-state index in [-0.39, 0.29) is 6.10 Å². The number of piperidine rings is 1. The summed E-state index contributed by atoms with van der Waals surface area (Å²) in [5.41, 5.74) is 0. The molecule has 1 unspecified atom stereocenters.